The lowest BCUT2D eigenvalue weighted by molar-refractivity contribution is 0.0697. The summed E-state index contributed by atoms with van der Waals surface area (Å²) >= 11 is 7.50. The summed E-state index contributed by atoms with van der Waals surface area (Å²) in [5.74, 6) is -1.07. The van der Waals surface area contributed by atoms with Gasteiger partial charge in [0, 0.05) is 4.88 Å². The van der Waals surface area contributed by atoms with Crippen molar-refractivity contribution >= 4 is 40.6 Å². The van der Waals surface area contributed by atoms with E-state index in [-0.39, 0.29) is 16.6 Å². The Morgan fingerprint density at radius 2 is 2.10 bits per heavy atom. The van der Waals surface area contributed by atoms with Crippen LogP contribution in [0.3, 0.4) is 0 Å². The summed E-state index contributed by atoms with van der Waals surface area (Å²) in [6.07, 6.45) is 0. The third-order valence-electron chi connectivity index (χ3n) is 2.78. The van der Waals surface area contributed by atoms with Crippen molar-refractivity contribution in [3.63, 3.8) is 0 Å². The van der Waals surface area contributed by atoms with Gasteiger partial charge in [-0.1, -0.05) is 17.7 Å². The Labute approximate surface area is 130 Å². The molecule has 0 aliphatic carbocycles. The minimum absolute atomic E-state index is 0.0675. The first-order valence-electron chi connectivity index (χ1n) is 6.11. The smallest absolute Gasteiger partial charge is 0.335 e. The first kappa shape index (κ1) is 15.3. The Kier molecular flexibility index (Phi) is 4.82. The van der Waals surface area contributed by atoms with Crippen LogP contribution in [0.4, 0.5) is 10.5 Å². The normalized spacial score (nSPS) is 11.7. The Morgan fingerprint density at radius 3 is 2.67 bits per heavy atom. The summed E-state index contributed by atoms with van der Waals surface area (Å²) in [4.78, 5) is 23.7. The largest absolute Gasteiger partial charge is 0.478 e. The van der Waals surface area contributed by atoms with Gasteiger partial charge in [-0.05, 0) is 36.6 Å². The number of anilines is 1. The zero-order valence-electron chi connectivity index (χ0n) is 11.1. The van der Waals surface area contributed by atoms with Gasteiger partial charge in [0.25, 0.3) is 0 Å². The predicted molar refractivity (Wildman–Crippen MR) is 83.3 cm³/mol. The molecule has 1 aromatic carbocycles. The van der Waals surface area contributed by atoms with Crippen LogP contribution >= 0.6 is 22.9 Å². The molecular formula is C14H13ClN2O3S. The molecule has 0 aliphatic heterocycles. The van der Waals surface area contributed by atoms with Crippen molar-refractivity contribution in [2.24, 2.45) is 0 Å². The average Bonchev–Trinajstić information content (AvgIpc) is 2.94. The fourth-order valence-corrected chi connectivity index (χ4v) is 2.68. The molecule has 0 radical (unpaired) electrons. The standard InChI is InChI=1S/C14H13ClN2O3S/c1-8(12-3-2-6-21-12)16-14(20)17-11-5-4-9(13(18)19)7-10(11)15/h2-8H,1H3,(H,18,19)(H2,16,17,20). The van der Waals surface area contributed by atoms with E-state index < -0.39 is 12.0 Å². The average molecular weight is 325 g/mol. The molecular weight excluding hydrogens is 312 g/mol. The van der Waals surface area contributed by atoms with Gasteiger partial charge in [-0.25, -0.2) is 9.59 Å². The SMILES string of the molecule is CC(NC(=O)Nc1ccc(C(=O)O)cc1Cl)c1cccs1. The van der Waals surface area contributed by atoms with Gasteiger partial charge in [0.2, 0.25) is 0 Å². The van der Waals surface area contributed by atoms with E-state index in [1.807, 2.05) is 24.4 Å². The van der Waals surface area contributed by atoms with Crippen molar-refractivity contribution in [3.8, 4) is 0 Å². The number of benzene rings is 1. The number of urea groups is 1. The second-order valence-corrected chi connectivity index (χ2v) is 5.72. The molecule has 0 fully saturated rings. The van der Waals surface area contributed by atoms with E-state index in [9.17, 15) is 9.59 Å². The Bertz CT molecular complexity index is 658. The minimum Gasteiger partial charge on any atom is -0.478 e. The highest BCUT2D eigenvalue weighted by molar-refractivity contribution is 7.10. The first-order chi connectivity index (χ1) is 9.97. The second kappa shape index (κ2) is 6.60. The number of nitrogens with one attached hydrogen (secondary N) is 2. The fraction of sp³-hybridized carbons (Fsp3) is 0.143. The number of halogens is 1. The molecule has 5 nitrogen and oxygen atoms in total. The van der Waals surface area contributed by atoms with E-state index in [4.69, 9.17) is 16.7 Å². The molecule has 7 heteroatoms. The van der Waals surface area contributed by atoms with Gasteiger partial charge in [-0.15, -0.1) is 11.3 Å². The van der Waals surface area contributed by atoms with Crippen LogP contribution in [0.1, 0.15) is 28.2 Å². The number of amides is 2. The van der Waals surface area contributed by atoms with Gasteiger partial charge in [0.05, 0.1) is 22.3 Å². The maximum Gasteiger partial charge on any atom is 0.335 e. The lowest BCUT2D eigenvalue weighted by Gasteiger charge is -2.14. The number of carboxylic acid groups (broad SMARTS) is 1. The van der Waals surface area contributed by atoms with Crippen molar-refractivity contribution in [2.45, 2.75) is 13.0 Å². The van der Waals surface area contributed by atoms with E-state index in [0.29, 0.717) is 5.69 Å². The van der Waals surface area contributed by atoms with Crippen LogP contribution in [0.5, 0.6) is 0 Å². The topological polar surface area (TPSA) is 78.4 Å². The van der Waals surface area contributed by atoms with Crippen LogP contribution in [-0.4, -0.2) is 17.1 Å². The highest BCUT2D eigenvalue weighted by Crippen LogP contribution is 2.23. The molecule has 0 bridgehead atoms. The van der Waals surface area contributed by atoms with Gasteiger partial charge in [-0.3, -0.25) is 0 Å². The molecule has 3 N–H and O–H groups in total. The molecule has 1 unspecified atom stereocenters. The summed E-state index contributed by atoms with van der Waals surface area (Å²) in [7, 11) is 0. The van der Waals surface area contributed by atoms with Gasteiger partial charge in [0.1, 0.15) is 0 Å². The van der Waals surface area contributed by atoms with Gasteiger partial charge >= 0.3 is 12.0 Å². The fourth-order valence-electron chi connectivity index (χ4n) is 1.71. The van der Waals surface area contributed by atoms with E-state index in [0.717, 1.165) is 4.88 Å². The van der Waals surface area contributed by atoms with Crippen LogP contribution in [-0.2, 0) is 0 Å². The molecule has 2 aromatic rings. The van der Waals surface area contributed by atoms with Crippen molar-refractivity contribution in [3.05, 3.63) is 51.2 Å². The molecule has 1 atom stereocenters. The molecule has 0 saturated carbocycles. The van der Waals surface area contributed by atoms with Crippen LogP contribution in [0.2, 0.25) is 5.02 Å². The van der Waals surface area contributed by atoms with Crippen LogP contribution in [0.25, 0.3) is 0 Å². The number of carbonyl (C=O) groups excluding carboxylic acids is 1. The lowest BCUT2D eigenvalue weighted by atomic mass is 10.2. The van der Waals surface area contributed by atoms with Crippen molar-refractivity contribution in [2.75, 3.05) is 5.32 Å². The molecule has 2 rings (SSSR count). The Hall–Kier alpha value is -2.05. The number of rotatable bonds is 4. The van der Waals surface area contributed by atoms with Crippen LogP contribution < -0.4 is 10.6 Å². The number of hydrogen-bond acceptors (Lipinski definition) is 3. The van der Waals surface area contributed by atoms with Crippen molar-refractivity contribution in [1.82, 2.24) is 5.32 Å². The molecule has 0 spiro atoms. The zero-order chi connectivity index (χ0) is 15.4. The van der Waals surface area contributed by atoms with Gasteiger partial charge in [-0.2, -0.15) is 0 Å². The summed E-state index contributed by atoms with van der Waals surface area (Å²) in [6.45, 7) is 1.88. The van der Waals surface area contributed by atoms with Crippen LogP contribution in [0.15, 0.2) is 35.7 Å². The first-order valence-corrected chi connectivity index (χ1v) is 7.37. The zero-order valence-corrected chi connectivity index (χ0v) is 12.7. The van der Waals surface area contributed by atoms with Crippen molar-refractivity contribution in [1.29, 1.82) is 0 Å². The highest BCUT2D eigenvalue weighted by Gasteiger charge is 2.12. The lowest BCUT2D eigenvalue weighted by Crippen LogP contribution is -2.30. The Balaban J connectivity index is 2.01. The maximum absolute atomic E-state index is 11.9. The van der Waals surface area contributed by atoms with E-state index in [1.165, 1.54) is 18.2 Å². The molecule has 110 valence electrons. The summed E-state index contributed by atoms with van der Waals surface area (Å²) < 4.78 is 0. The molecule has 1 aromatic heterocycles. The van der Waals surface area contributed by atoms with E-state index >= 15 is 0 Å². The van der Waals surface area contributed by atoms with Gasteiger partial charge in [0.15, 0.2) is 0 Å². The van der Waals surface area contributed by atoms with Gasteiger partial charge < -0.3 is 15.7 Å². The predicted octanol–water partition coefficient (Wildman–Crippen LogP) is 3.98. The molecule has 0 saturated heterocycles. The molecule has 0 aliphatic rings. The van der Waals surface area contributed by atoms with Crippen molar-refractivity contribution < 1.29 is 14.7 Å². The Morgan fingerprint density at radius 1 is 1.33 bits per heavy atom. The molecule has 21 heavy (non-hydrogen) atoms. The minimum atomic E-state index is -1.07. The van der Waals surface area contributed by atoms with Crippen LogP contribution in [0, 0.1) is 0 Å². The molecule has 2 amide bonds. The quantitative estimate of drug-likeness (QED) is 0.796. The third kappa shape index (κ3) is 3.96. The summed E-state index contributed by atoms with van der Waals surface area (Å²) in [5.41, 5.74) is 0.426. The highest BCUT2D eigenvalue weighted by atomic mass is 35.5. The van der Waals surface area contributed by atoms with E-state index in [2.05, 4.69) is 10.6 Å². The number of carbonyl (C=O) groups is 2. The number of hydrogen-bond donors (Lipinski definition) is 3. The number of aromatic carboxylic acids is 1. The maximum atomic E-state index is 11.9. The summed E-state index contributed by atoms with van der Waals surface area (Å²) in [6, 6.07) is 7.46. The number of carboxylic acids is 1. The summed E-state index contributed by atoms with van der Waals surface area (Å²) in [5, 5.41) is 16.3. The third-order valence-corrected chi connectivity index (χ3v) is 4.15. The molecule has 1 heterocycles. The monoisotopic (exact) mass is 324 g/mol. The van der Waals surface area contributed by atoms with E-state index in [1.54, 1.807) is 11.3 Å². The number of thiophene rings is 1. The second-order valence-electron chi connectivity index (χ2n) is 4.34.